The molecule has 4 saturated carbocycles. The Balaban J connectivity index is 1.15. The highest BCUT2D eigenvalue weighted by molar-refractivity contribution is 6.99. The van der Waals surface area contributed by atoms with Crippen molar-refractivity contribution < 1.29 is 19.0 Å². The van der Waals surface area contributed by atoms with Crippen LogP contribution in [0.1, 0.15) is 99.0 Å². The van der Waals surface area contributed by atoms with Crippen LogP contribution in [0.4, 0.5) is 0 Å². The summed E-state index contributed by atoms with van der Waals surface area (Å²) >= 11 is 0. The molecule has 5 fully saturated rings. The van der Waals surface area contributed by atoms with E-state index in [1.165, 1.54) is 10.4 Å². The number of rotatable bonds is 5. The molecule has 1 saturated heterocycles. The van der Waals surface area contributed by atoms with E-state index in [4.69, 9.17) is 13.9 Å². The van der Waals surface area contributed by atoms with Crippen LogP contribution in [0.3, 0.4) is 0 Å². The van der Waals surface area contributed by atoms with Gasteiger partial charge in [0.2, 0.25) is 0 Å². The summed E-state index contributed by atoms with van der Waals surface area (Å²) < 4.78 is 21.9. The van der Waals surface area contributed by atoms with E-state index in [9.17, 15) is 5.11 Å². The average molecular weight is 679 g/mol. The van der Waals surface area contributed by atoms with Crippen molar-refractivity contribution in [2.75, 3.05) is 0 Å². The molecule has 5 aliphatic rings. The summed E-state index contributed by atoms with van der Waals surface area (Å²) in [5.41, 5.74) is 0.214. The predicted molar refractivity (Wildman–Crippen MR) is 199 cm³/mol. The standard InChI is InChI=1S/C44H58O4Si/c1-40(2,3)49(32-19-13-9-14-20-32,33-21-15-10-16-22-33)48-31-23-26-42(6)34-24-27-43(7)35(25-28-44(43,45)30-17-11-8-12-18-30)37(34)39-38(36(42)29-31)46-41(4,5)47-39/h8-22,31,34-39,45H,23-29H2,1-7H3/t31-,34-,35-,36+,37+,38+,39+,42+,43-,44+/m0/s1. The molecule has 3 aromatic rings. The van der Waals surface area contributed by atoms with E-state index in [1.54, 1.807) is 0 Å². The predicted octanol–water partition coefficient (Wildman–Crippen LogP) is 8.60. The molecule has 0 unspecified atom stereocenters. The smallest absolute Gasteiger partial charge is 0.261 e. The lowest BCUT2D eigenvalue weighted by Gasteiger charge is -2.64. The lowest BCUT2D eigenvalue weighted by molar-refractivity contribution is -0.205. The third-order valence-corrected chi connectivity index (χ3v) is 19.7. The summed E-state index contributed by atoms with van der Waals surface area (Å²) in [5.74, 6) is 1.04. The van der Waals surface area contributed by atoms with E-state index in [0.29, 0.717) is 23.7 Å². The van der Waals surface area contributed by atoms with Crippen LogP contribution in [-0.4, -0.2) is 37.5 Å². The number of aliphatic hydroxyl groups is 1. The van der Waals surface area contributed by atoms with Gasteiger partial charge >= 0.3 is 0 Å². The van der Waals surface area contributed by atoms with E-state index in [2.05, 4.69) is 139 Å². The van der Waals surface area contributed by atoms with Crippen molar-refractivity contribution in [3.8, 4) is 0 Å². The first-order valence-electron chi connectivity index (χ1n) is 19.2. The quantitative estimate of drug-likeness (QED) is 0.275. The normalized spacial score (nSPS) is 39.8. The summed E-state index contributed by atoms with van der Waals surface area (Å²) in [7, 11) is -2.69. The molecule has 4 aliphatic carbocycles. The topological polar surface area (TPSA) is 47.9 Å². The average Bonchev–Trinajstić information content (AvgIpc) is 3.56. The van der Waals surface area contributed by atoms with E-state index in [0.717, 1.165) is 50.5 Å². The van der Waals surface area contributed by atoms with Crippen molar-refractivity contribution in [2.45, 2.75) is 128 Å². The number of hydrogen-bond acceptors (Lipinski definition) is 4. The van der Waals surface area contributed by atoms with E-state index in [-0.39, 0.29) is 34.2 Å². The minimum atomic E-state index is -2.69. The Morgan fingerprint density at radius 3 is 1.82 bits per heavy atom. The first-order chi connectivity index (χ1) is 23.2. The SMILES string of the molecule is CC1(C)O[C@H]2[C@H](O1)[C@H]1C[C@@H](O[Si](c3ccccc3)(c3ccccc3)C(C)(C)C)CC[C@]1(C)[C@H]1CC[C@@]3(C)[C@@H](CC[C@@]3(O)c3ccccc3)[C@H]21. The molecule has 3 aromatic carbocycles. The molecular weight excluding hydrogens is 621 g/mol. The van der Waals surface area contributed by atoms with Gasteiger partial charge in [-0.05, 0) is 109 Å². The van der Waals surface area contributed by atoms with E-state index < -0.39 is 19.7 Å². The molecule has 0 amide bonds. The van der Waals surface area contributed by atoms with Gasteiger partial charge in [0.1, 0.15) is 0 Å². The largest absolute Gasteiger partial charge is 0.404 e. The maximum absolute atomic E-state index is 12.6. The van der Waals surface area contributed by atoms with Gasteiger partial charge in [0.25, 0.3) is 8.32 Å². The van der Waals surface area contributed by atoms with Crippen molar-refractivity contribution in [2.24, 2.45) is 34.5 Å². The number of benzene rings is 3. The van der Waals surface area contributed by atoms with Gasteiger partial charge < -0.3 is 19.0 Å². The molecule has 10 atom stereocenters. The van der Waals surface area contributed by atoms with Crippen LogP contribution in [0, 0.1) is 34.5 Å². The molecule has 1 N–H and O–H groups in total. The van der Waals surface area contributed by atoms with Gasteiger partial charge in [0, 0.05) is 11.5 Å². The number of hydrogen-bond donors (Lipinski definition) is 1. The van der Waals surface area contributed by atoms with Gasteiger partial charge in [-0.2, -0.15) is 0 Å². The molecule has 0 radical (unpaired) electrons. The molecule has 0 bridgehead atoms. The maximum atomic E-state index is 12.6. The fourth-order valence-corrected chi connectivity index (χ4v) is 17.1. The lowest BCUT2D eigenvalue weighted by atomic mass is 9.43. The van der Waals surface area contributed by atoms with Gasteiger partial charge in [0.15, 0.2) is 5.79 Å². The van der Waals surface area contributed by atoms with Gasteiger partial charge in [-0.15, -0.1) is 0 Å². The minimum absolute atomic E-state index is 0.0274. The summed E-state index contributed by atoms with van der Waals surface area (Å²) in [4.78, 5) is 0. The first-order valence-corrected chi connectivity index (χ1v) is 21.1. The molecular formula is C44H58O4Si. The molecule has 1 aliphatic heterocycles. The highest BCUT2D eigenvalue weighted by atomic mass is 28.4. The molecule has 262 valence electrons. The highest BCUT2D eigenvalue weighted by Crippen LogP contribution is 2.71. The second-order valence-electron chi connectivity index (χ2n) is 18.4. The monoisotopic (exact) mass is 678 g/mol. The number of ether oxygens (including phenoxy) is 2. The Morgan fingerprint density at radius 2 is 1.22 bits per heavy atom. The van der Waals surface area contributed by atoms with Gasteiger partial charge in [-0.25, -0.2) is 0 Å². The zero-order chi connectivity index (χ0) is 34.5. The van der Waals surface area contributed by atoms with Crippen molar-refractivity contribution in [1.29, 1.82) is 0 Å². The highest BCUT2D eigenvalue weighted by Gasteiger charge is 2.71. The van der Waals surface area contributed by atoms with E-state index >= 15 is 0 Å². The second kappa shape index (κ2) is 11.6. The Kier molecular flexibility index (Phi) is 8.02. The van der Waals surface area contributed by atoms with Crippen molar-refractivity contribution in [3.63, 3.8) is 0 Å². The van der Waals surface area contributed by atoms with Crippen LogP contribution in [0.15, 0.2) is 91.0 Å². The fourth-order valence-electron chi connectivity index (χ4n) is 12.4. The van der Waals surface area contributed by atoms with Gasteiger partial charge in [-0.3, -0.25) is 0 Å². The Labute approximate surface area is 296 Å². The fraction of sp³-hybridized carbons (Fsp3) is 0.591. The van der Waals surface area contributed by atoms with Gasteiger partial charge in [0.05, 0.1) is 17.8 Å². The summed E-state index contributed by atoms with van der Waals surface area (Å²) in [6.45, 7) is 16.4. The lowest BCUT2D eigenvalue weighted by Crippen LogP contribution is -2.69. The summed E-state index contributed by atoms with van der Waals surface area (Å²) in [6.07, 6.45) is 7.46. The van der Waals surface area contributed by atoms with Crippen LogP contribution in [0.2, 0.25) is 5.04 Å². The Morgan fingerprint density at radius 1 is 0.673 bits per heavy atom. The Bertz CT molecular complexity index is 1600. The molecule has 8 rings (SSSR count). The molecule has 1 heterocycles. The van der Waals surface area contributed by atoms with Gasteiger partial charge in [-0.1, -0.05) is 126 Å². The zero-order valence-electron chi connectivity index (χ0n) is 30.8. The third-order valence-electron chi connectivity index (χ3n) is 14.7. The van der Waals surface area contributed by atoms with Crippen molar-refractivity contribution >= 4 is 18.7 Å². The minimum Gasteiger partial charge on any atom is -0.404 e. The number of fused-ring (bicyclic) bond motifs is 8. The van der Waals surface area contributed by atoms with Crippen LogP contribution in [-0.2, 0) is 19.5 Å². The molecule has 0 spiro atoms. The first kappa shape index (κ1) is 33.8. The summed E-state index contributed by atoms with van der Waals surface area (Å²) in [6, 6.07) is 32.8. The van der Waals surface area contributed by atoms with Crippen molar-refractivity contribution in [1.82, 2.24) is 0 Å². The molecule has 5 heteroatoms. The summed E-state index contributed by atoms with van der Waals surface area (Å²) in [5, 5.41) is 15.2. The van der Waals surface area contributed by atoms with Crippen molar-refractivity contribution in [3.05, 3.63) is 96.6 Å². The Hall–Kier alpha value is -2.28. The van der Waals surface area contributed by atoms with Crippen LogP contribution < -0.4 is 10.4 Å². The zero-order valence-corrected chi connectivity index (χ0v) is 31.8. The molecule has 49 heavy (non-hydrogen) atoms. The third kappa shape index (κ3) is 4.96. The second-order valence-corrected chi connectivity index (χ2v) is 22.6. The van der Waals surface area contributed by atoms with E-state index in [1.807, 2.05) is 0 Å². The molecule has 4 nitrogen and oxygen atoms in total. The molecule has 0 aromatic heterocycles. The van der Waals surface area contributed by atoms with Crippen LogP contribution in [0.5, 0.6) is 0 Å². The maximum Gasteiger partial charge on any atom is 0.261 e. The van der Waals surface area contributed by atoms with Crippen LogP contribution >= 0.6 is 0 Å². The van der Waals surface area contributed by atoms with Crippen LogP contribution in [0.25, 0.3) is 0 Å².